The van der Waals surface area contributed by atoms with Gasteiger partial charge in [0.25, 0.3) is 0 Å². The molecule has 1 aromatic heterocycles. The summed E-state index contributed by atoms with van der Waals surface area (Å²) >= 11 is 0. The maximum Gasteiger partial charge on any atom is 0.245 e. The fourth-order valence-corrected chi connectivity index (χ4v) is 6.09. The van der Waals surface area contributed by atoms with Crippen LogP contribution in [0.1, 0.15) is 24.0 Å². The van der Waals surface area contributed by atoms with E-state index < -0.39 is 10.0 Å². The number of sulfonamides is 1. The molecule has 2 aliphatic heterocycles. The van der Waals surface area contributed by atoms with E-state index >= 15 is 0 Å². The van der Waals surface area contributed by atoms with Crippen LogP contribution in [-0.4, -0.2) is 53.5 Å². The predicted molar refractivity (Wildman–Crippen MR) is 109 cm³/mol. The molecule has 0 aliphatic carbocycles. The topological polar surface area (TPSA) is 96.6 Å². The number of benzene rings is 2. The minimum absolute atomic E-state index is 0.0331. The molecular formula is C21H22N4O4S. The third kappa shape index (κ3) is 3.27. The molecule has 5 rings (SSSR count). The van der Waals surface area contributed by atoms with Gasteiger partial charge in [-0.05, 0) is 52.8 Å². The van der Waals surface area contributed by atoms with Gasteiger partial charge in [-0.15, -0.1) is 0 Å². The van der Waals surface area contributed by atoms with Crippen molar-refractivity contribution in [3.63, 3.8) is 0 Å². The first-order valence-corrected chi connectivity index (χ1v) is 11.5. The highest BCUT2D eigenvalue weighted by Crippen LogP contribution is 2.29. The molecule has 3 heterocycles. The first-order valence-electron chi connectivity index (χ1n) is 10.1. The Morgan fingerprint density at radius 3 is 2.73 bits per heavy atom. The lowest BCUT2D eigenvalue weighted by molar-refractivity contribution is -0.137. The normalized spacial score (nSPS) is 20.3. The number of carbonyl (C=O) groups is 1. The molecule has 0 radical (unpaired) electrons. The highest BCUT2D eigenvalue weighted by Gasteiger charge is 2.36. The number of nitrogens with zero attached hydrogens (tertiary/aromatic N) is 4. The fourth-order valence-electron chi connectivity index (χ4n) is 4.43. The second-order valence-electron chi connectivity index (χ2n) is 7.87. The minimum atomic E-state index is -3.80. The van der Waals surface area contributed by atoms with Crippen molar-refractivity contribution < 1.29 is 17.8 Å². The average molecular weight is 426 g/mol. The fraction of sp³-hybridized carbons (Fsp3) is 0.381. The van der Waals surface area contributed by atoms with Gasteiger partial charge in [-0.3, -0.25) is 4.79 Å². The third-order valence-electron chi connectivity index (χ3n) is 6.04. The lowest BCUT2D eigenvalue weighted by Crippen LogP contribution is -2.47. The largest absolute Gasteiger partial charge is 0.338 e. The van der Waals surface area contributed by atoms with E-state index in [2.05, 4.69) is 22.4 Å². The van der Waals surface area contributed by atoms with Crippen LogP contribution in [-0.2, 0) is 27.8 Å². The van der Waals surface area contributed by atoms with Crippen LogP contribution < -0.4 is 0 Å². The van der Waals surface area contributed by atoms with Crippen LogP contribution in [0.5, 0.6) is 0 Å². The van der Waals surface area contributed by atoms with Gasteiger partial charge < -0.3 is 4.90 Å². The summed E-state index contributed by atoms with van der Waals surface area (Å²) in [6, 6.07) is 12.9. The smallest absolute Gasteiger partial charge is 0.245 e. The summed E-state index contributed by atoms with van der Waals surface area (Å²) in [5.41, 5.74) is 3.07. The maximum atomic E-state index is 13.3. The molecule has 1 atom stereocenters. The number of amides is 1. The van der Waals surface area contributed by atoms with E-state index in [0.29, 0.717) is 38.0 Å². The summed E-state index contributed by atoms with van der Waals surface area (Å²) < 4.78 is 32.7. The number of hydrogen-bond acceptors (Lipinski definition) is 6. The molecule has 1 saturated heterocycles. The maximum absolute atomic E-state index is 13.3. The molecule has 0 saturated carbocycles. The van der Waals surface area contributed by atoms with Gasteiger partial charge in [0.1, 0.15) is 10.4 Å². The molecule has 8 nitrogen and oxygen atoms in total. The zero-order chi connectivity index (χ0) is 20.7. The van der Waals surface area contributed by atoms with Gasteiger partial charge in [0.05, 0.1) is 5.92 Å². The van der Waals surface area contributed by atoms with Gasteiger partial charge in [-0.1, -0.05) is 30.3 Å². The zero-order valence-electron chi connectivity index (χ0n) is 16.4. The van der Waals surface area contributed by atoms with Crippen LogP contribution in [0, 0.1) is 5.92 Å². The summed E-state index contributed by atoms with van der Waals surface area (Å²) in [5.74, 6) is -0.306. The highest BCUT2D eigenvalue weighted by molar-refractivity contribution is 7.89. The highest BCUT2D eigenvalue weighted by atomic mass is 32.2. The molecule has 0 spiro atoms. The van der Waals surface area contributed by atoms with E-state index in [1.165, 1.54) is 21.5 Å². The molecule has 0 bridgehead atoms. The Morgan fingerprint density at radius 1 is 1.03 bits per heavy atom. The molecule has 156 valence electrons. The number of carbonyl (C=O) groups excluding carboxylic acids is 1. The van der Waals surface area contributed by atoms with E-state index in [1.54, 1.807) is 12.1 Å². The summed E-state index contributed by atoms with van der Waals surface area (Å²) in [4.78, 5) is 15.1. The Kier molecular flexibility index (Phi) is 4.79. The number of rotatable bonds is 3. The number of fused-ring (bicyclic) bond motifs is 2. The Bertz CT molecular complexity index is 1210. The van der Waals surface area contributed by atoms with Crippen LogP contribution in [0.25, 0.3) is 11.0 Å². The number of piperidine rings is 1. The molecule has 9 heteroatoms. The van der Waals surface area contributed by atoms with Crippen LogP contribution in [0.2, 0.25) is 0 Å². The molecular weight excluding hydrogens is 404 g/mol. The molecule has 0 unspecified atom stereocenters. The first kappa shape index (κ1) is 19.2. The van der Waals surface area contributed by atoms with Crippen molar-refractivity contribution in [3.8, 4) is 0 Å². The standard InChI is InChI=1S/C21H22N4O4S/c26-21(24-12-10-15-5-1-2-6-16(15)13-24)17-7-4-11-25(14-17)30(27,28)19-9-3-8-18-20(19)23-29-22-18/h1-3,5-6,8-9,17H,4,7,10-14H2/t17-/m1/s1. The molecule has 0 N–H and O–H groups in total. The number of hydrogen-bond donors (Lipinski definition) is 0. The van der Waals surface area contributed by atoms with Crippen LogP contribution in [0.4, 0.5) is 0 Å². The predicted octanol–water partition coefficient (Wildman–Crippen LogP) is 2.21. The Labute approximate surface area is 174 Å². The summed E-state index contributed by atoms with van der Waals surface area (Å²) in [5, 5.41) is 7.49. The third-order valence-corrected chi connectivity index (χ3v) is 7.94. The van der Waals surface area contributed by atoms with E-state index in [-0.39, 0.29) is 28.8 Å². The number of aromatic nitrogens is 2. The van der Waals surface area contributed by atoms with Gasteiger partial charge in [0, 0.05) is 26.2 Å². The lowest BCUT2D eigenvalue weighted by Gasteiger charge is -2.36. The van der Waals surface area contributed by atoms with Crippen LogP contribution >= 0.6 is 0 Å². The minimum Gasteiger partial charge on any atom is -0.338 e. The molecule has 30 heavy (non-hydrogen) atoms. The van der Waals surface area contributed by atoms with Crippen molar-refractivity contribution in [2.75, 3.05) is 19.6 Å². The monoisotopic (exact) mass is 426 g/mol. The van der Waals surface area contributed by atoms with Crippen molar-refractivity contribution in [2.24, 2.45) is 5.92 Å². The van der Waals surface area contributed by atoms with Gasteiger partial charge in [-0.2, -0.15) is 4.31 Å². The second kappa shape index (κ2) is 7.48. The molecule has 3 aromatic rings. The van der Waals surface area contributed by atoms with E-state index in [4.69, 9.17) is 4.63 Å². The van der Waals surface area contributed by atoms with Gasteiger partial charge in [0.15, 0.2) is 5.52 Å². The van der Waals surface area contributed by atoms with Crippen molar-refractivity contribution in [3.05, 3.63) is 53.6 Å². The average Bonchev–Trinajstić information content (AvgIpc) is 3.27. The van der Waals surface area contributed by atoms with Crippen molar-refractivity contribution >= 4 is 27.0 Å². The lowest BCUT2D eigenvalue weighted by atomic mass is 9.95. The second-order valence-corrected chi connectivity index (χ2v) is 9.78. The van der Waals surface area contributed by atoms with Gasteiger partial charge in [0.2, 0.25) is 15.9 Å². The summed E-state index contributed by atoms with van der Waals surface area (Å²) in [6.07, 6.45) is 2.17. The van der Waals surface area contributed by atoms with Crippen LogP contribution in [0.3, 0.4) is 0 Å². The van der Waals surface area contributed by atoms with E-state index in [9.17, 15) is 13.2 Å². The Balaban J connectivity index is 1.36. The molecule has 1 fully saturated rings. The first-order chi connectivity index (χ1) is 14.5. The molecule has 2 aromatic carbocycles. The summed E-state index contributed by atoms with van der Waals surface area (Å²) in [7, 11) is -3.80. The Morgan fingerprint density at radius 2 is 1.87 bits per heavy atom. The van der Waals surface area contributed by atoms with Gasteiger partial charge >= 0.3 is 0 Å². The van der Waals surface area contributed by atoms with Crippen molar-refractivity contribution in [1.82, 2.24) is 19.5 Å². The SMILES string of the molecule is O=C([C@@H]1CCCN(S(=O)(=O)c2cccc3nonc23)C1)N1CCc2ccccc2C1. The van der Waals surface area contributed by atoms with Gasteiger partial charge in [-0.25, -0.2) is 13.0 Å². The van der Waals surface area contributed by atoms with Crippen molar-refractivity contribution in [1.29, 1.82) is 0 Å². The van der Waals surface area contributed by atoms with E-state index in [1.807, 2.05) is 17.0 Å². The van der Waals surface area contributed by atoms with E-state index in [0.717, 1.165) is 6.42 Å². The molecule has 2 aliphatic rings. The molecule has 1 amide bonds. The quantitative estimate of drug-likeness (QED) is 0.637. The zero-order valence-corrected chi connectivity index (χ0v) is 17.2. The summed E-state index contributed by atoms with van der Waals surface area (Å²) in [6.45, 7) is 1.82. The van der Waals surface area contributed by atoms with Crippen molar-refractivity contribution in [2.45, 2.75) is 30.7 Å². The Hall–Kier alpha value is -2.78. The van der Waals surface area contributed by atoms with Crippen LogP contribution in [0.15, 0.2) is 52.0 Å².